The van der Waals surface area contributed by atoms with Crippen molar-refractivity contribution in [1.29, 1.82) is 0 Å². The Morgan fingerprint density at radius 1 is 1.39 bits per heavy atom. The van der Waals surface area contributed by atoms with E-state index < -0.39 is 11.7 Å². The zero-order chi connectivity index (χ0) is 13.8. The molecule has 5 heteroatoms. The Hall–Kier alpha value is -1.96. The zero-order valence-electron chi connectivity index (χ0n) is 9.98. The normalized spacial score (nSPS) is 10.5. The molecule has 0 saturated heterocycles. The number of amides is 1. The second-order valence-corrected chi connectivity index (χ2v) is 3.74. The Labute approximate surface area is 103 Å². The second kappa shape index (κ2) is 5.58. The minimum absolute atomic E-state index is 0.116. The maximum Gasteiger partial charge on any atom is 0.416 e. The molecule has 0 saturated carbocycles. The predicted molar refractivity (Wildman–Crippen MR) is 61.7 cm³/mol. The van der Waals surface area contributed by atoms with Gasteiger partial charge in [-0.3, -0.25) is 4.79 Å². The highest BCUT2D eigenvalue weighted by Gasteiger charge is 2.32. The Morgan fingerprint density at radius 3 is 2.61 bits per heavy atom. The van der Waals surface area contributed by atoms with Crippen LogP contribution >= 0.6 is 0 Å². The van der Waals surface area contributed by atoms with Crippen LogP contribution in [0.2, 0.25) is 0 Å². The number of rotatable bonds is 1. The van der Waals surface area contributed by atoms with Crippen molar-refractivity contribution in [3.05, 3.63) is 34.9 Å². The number of halogens is 3. The van der Waals surface area contributed by atoms with Gasteiger partial charge in [-0.15, -0.1) is 0 Å². The molecule has 1 aromatic carbocycles. The van der Waals surface area contributed by atoms with Gasteiger partial charge in [-0.05, 0) is 24.6 Å². The quantitative estimate of drug-likeness (QED) is 0.767. The minimum atomic E-state index is -4.38. The van der Waals surface area contributed by atoms with E-state index in [0.717, 1.165) is 6.07 Å². The summed E-state index contributed by atoms with van der Waals surface area (Å²) in [6.07, 6.45) is -4.38. The van der Waals surface area contributed by atoms with Crippen molar-refractivity contribution < 1.29 is 18.0 Å². The number of hydrogen-bond donors (Lipinski definition) is 1. The molecule has 0 unspecified atom stereocenters. The smallest absolute Gasteiger partial charge is 0.345 e. The van der Waals surface area contributed by atoms with Gasteiger partial charge in [0, 0.05) is 12.5 Å². The Morgan fingerprint density at radius 2 is 2.06 bits per heavy atom. The molecule has 1 N–H and O–H groups in total. The average Bonchev–Trinajstić information content (AvgIpc) is 2.24. The van der Waals surface area contributed by atoms with Gasteiger partial charge in [-0.2, -0.15) is 13.2 Å². The SMILES string of the molecule is CC(=O)NCC#Cc1ccc(C)c(C(F)(F)F)c1. The summed E-state index contributed by atoms with van der Waals surface area (Å²) in [5.41, 5.74) is -0.248. The third kappa shape index (κ3) is 4.13. The van der Waals surface area contributed by atoms with E-state index >= 15 is 0 Å². The maximum atomic E-state index is 12.6. The first-order valence-electron chi connectivity index (χ1n) is 5.22. The fourth-order valence-corrected chi connectivity index (χ4v) is 1.32. The van der Waals surface area contributed by atoms with Crippen molar-refractivity contribution in [1.82, 2.24) is 5.32 Å². The van der Waals surface area contributed by atoms with E-state index in [1.54, 1.807) is 0 Å². The molecule has 0 atom stereocenters. The number of benzene rings is 1. The number of aryl methyl sites for hydroxylation is 1. The van der Waals surface area contributed by atoms with E-state index in [9.17, 15) is 18.0 Å². The molecule has 18 heavy (non-hydrogen) atoms. The lowest BCUT2D eigenvalue weighted by atomic mass is 10.0. The van der Waals surface area contributed by atoms with Crippen LogP contribution in [0.4, 0.5) is 13.2 Å². The lowest BCUT2D eigenvalue weighted by molar-refractivity contribution is -0.138. The summed E-state index contributed by atoms with van der Waals surface area (Å²) in [4.78, 5) is 10.6. The summed E-state index contributed by atoms with van der Waals surface area (Å²) in [5.74, 6) is 4.92. The van der Waals surface area contributed by atoms with Crippen LogP contribution in [-0.2, 0) is 11.0 Å². The van der Waals surface area contributed by atoms with E-state index in [1.807, 2.05) is 0 Å². The first-order valence-corrected chi connectivity index (χ1v) is 5.22. The average molecular weight is 255 g/mol. The van der Waals surface area contributed by atoms with Crippen LogP contribution in [0, 0.1) is 18.8 Å². The van der Waals surface area contributed by atoms with E-state index in [-0.39, 0.29) is 23.6 Å². The molecule has 0 heterocycles. The van der Waals surface area contributed by atoms with Crippen LogP contribution in [0.3, 0.4) is 0 Å². The molecule has 0 aliphatic heterocycles. The van der Waals surface area contributed by atoms with Gasteiger partial charge in [0.15, 0.2) is 0 Å². The lowest BCUT2D eigenvalue weighted by Crippen LogP contribution is -2.19. The van der Waals surface area contributed by atoms with Gasteiger partial charge < -0.3 is 5.32 Å². The third-order valence-corrected chi connectivity index (χ3v) is 2.20. The van der Waals surface area contributed by atoms with Crippen molar-refractivity contribution >= 4 is 5.91 Å². The van der Waals surface area contributed by atoms with Crippen LogP contribution in [-0.4, -0.2) is 12.5 Å². The van der Waals surface area contributed by atoms with Crippen LogP contribution < -0.4 is 5.32 Å². The number of alkyl halides is 3. The van der Waals surface area contributed by atoms with Gasteiger partial charge in [0.1, 0.15) is 0 Å². The minimum Gasteiger partial charge on any atom is -0.345 e. The molecule has 0 radical (unpaired) electrons. The fraction of sp³-hybridized carbons (Fsp3) is 0.308. The highest BCUT2D eigenvalue weighted by molar-refractivity contribution is 5.73. The first-order chi connectivity index (χ1) is 8.30. The highest BCUT2D eigenvalue weighted by Crippen LogP contribution is 2.32. The standard InChI is InChI=1S/C13H12F3NO/c1-9-5-6-11(4-3-7-17-10(2)18)8-12(9)13(14,15)16/h5-6,8H,7H2,1-2H3,(H,17,18). The molecular weight excluding hydrogens is 243 g/mol. The Bertz CT molecular complexity index is 509. The van der Waals surface area contributed by atoms with Crippen LogP contribution in [0.5, 0.6) is 0 Å². The van der Waals surface area contributed by atoms with Crippen LogP contribution in [0.1, 0.15) is 23.6 Å². The van der Waals surface area contributed by atoms with Crippen molar-refractivity contribution in [2.75, 3.05) is 6.54 Å². The number of carbonyl (C=O) groups is 1. The Balaban J connectivity index is 2.89. The van der Waals surface area contributed by atoms with Crippen molar-refractivity contribution in [2.24, 2.45) is 0 Å². The first kappa shape index (κ1) is 14.1. The van der Waals surface area contributed by atoms with Crippen molar-refractivity contribution in [2.45, 2.75) is 20.0 Å². The molecular formula is C13H12F3NO. The molecule has 1 aromatic rings. The fourth-order valence-electron chi connectivity index (χ4n) is 1.32. The monoisotopic (exact) mass is 255 g/mol. The van der Waals surface area contributed by atoms with E-state index in [4.69, 9.17) is 0 Å². The molecule has 0 aliphatic rings. The van der Waals surface area contributed by atoms with Gasteiger partial charge in [0.05, 0.1) is 12.1 Å². The summed E-state index contributed by atoms with van der Waals surface area (Å²) in [7, 11) is 0. The molecule has 0 aromatic heterocycles. The lowest BCUT2D eigenvalue weighted by Gasteiger charge is -2.09. The van der Waals surface area contributed by atoms with Crippen LogP contribution in [0.25, 0.3) is 0 Å². The van der Waals surface area contributed by atoms with Crippen LogP contribution in [0.15, 0.2) is 18.2 Å². The summed E-state index contributed by atoms with van der Waals surface area (Å²) >= 11 is 0. The molecule has 0 spiro atoms. The summed E-state index contributed by atoms with van der Waals surface area (Å²) in [6, 6.07) is 3.91. The second-order valence-electron chi connectivity index (χ2n) is 3.74. The van der Waals surface area contributed by atoms with Crippen molar-refractivity contribution in [3.8, 4) is 11.8 Å². The summed E-state index contributed by atoms with van der Waals surface area (Å²) in [5, 5.41) is 2.44. The van der Waals surface area contributed by atoms with Gasteiger partial charge in [0.25, 0.3) is 0 Å². The third-order valence-electron chi connectivity index (χ3n) is 2.20. The van der Waals surface area contributed by atoms with Crippen molar-refractivity contribution in [3.63, 3.8) is 0 Å². The molecule has 1 rings (SSSR count). The summed E-state index contributed by atoms with van der Waals surface area (Å²) < 4.78 is 37.9. The topological polar surface area (TPSA) is 29.1 Å². The number of carbonyl (C=O) groups excluding carboxylic acids is 1. The molecule has 2 nitrogen and oxygen atoms in total. The van der Waals surface area contributed by atoms with Gasteiger partial charge in [-0.1, -0.05) is 17.9 Å². The van der Waals surface area contributed by atoms with E-state index in [0.29, 0.717) is 0 Å². The van der Waals surface area contributed by atoms with E-state index in [2.05, 4.69) is 17.2 Å². The zero-order valence-corrected chi connectivity index (χ0v) is 9.98. The van der Waals surface area contributed by atoms with Gasteiger partial charge >= 0.3 is 6.18 Å². The van der Waals surface area contributed by atoms with Gasteiger partial charge in [-0.25, -0.2) is 0 Å². The summed E-state index contributed by atoms with van der Waals surface area (Å²) in [6.45, 7) is 2.86. The molecule has 0 bridgehead atoms. The number of nitrogens with one attached hydrogen (secondary N) is 1. The molecule has 0 aliphatic carbocycles. The van der Waals surface area contributed by atoms with E-state index in [1.165, 1.54) is 26.0 Å². The molecule has 96 valence electrons. The maximum absolute atomic E-state index is 12.6. The highest BCUT2D eigenvalue weighted by atomic mass is 19.4. The van der Waals surface area contributed by atoms with Gasteiger partial charge in [0.2, 0.25) is 5.91 Å². The predicted octanol–water partition coefficient (Wildman–Crippen LogP) is 2.50. The Kier molecular flexibility index (Phi) is 4.38. The molecule has 1 amide bonds. The largest absolute Gasteiger partial charge is 0.416 e. The number of hydrogen-bond acceptors (Lipinski definition) is 1. The molecule has 0 fully saturated rings.